The SMILES string of the molecule is CCOc1c(Br)cc(CNCCC(F)(F)F)cc1Br. The smallest absolute Gasteiger partial charge is 0.390 e. The molecule has 0 amide bonds. The lowest BCUT2D eigenvalue weighted by atomic mass is 10.2. The first-order valence-electron chi connectivity index (χ1n) is 5.71. The van der Waals surface area contributed by atoms with Crippen molar-refractivity contribution < 1.29 is 17.9 Å². The van der Waals surface area contributed by atoms with Crippen LogP contribution in [0.1, 0.15) is 18.9 Å². The fourth-order valence-corrected chi connectivity index (χ4v) is 2.97. The van der Waals surface area contributed by atoms with E-state index in [1.165, 1.54) is 0 Å². The molecule has 1 aromatic carbocycles. The van der Waals surface area contributed by atoms with E-state index in [1.807, 2.05) is 19.1 Å². The third kappa shape index (κ3) is 6.14. The quantitative estimate of drug-likeness (QED) is 0.696. The summed E-state index contributed by atoms with van der Waals surface area (Å²) in [6.07, 6.45) is -4.95. The fraction of sp³-hybridized carbons (Fsp3) is 0.500. The number of halogens is 5. The molecule has 0 aliphatic carbocycles. The fourth-order valence-electron chi connectivity index (χ4n) is 1.46. The molecule has 0 fully saturated rings. The molecule has 0 heterocycles. The summed E-state index contributed by atoms with van der Waals surface area (Å²) in [5, 5.41) is 2.76. The highest BCUT2D eigenvalue weighted by Crippen LogP contribution is 2.34. The third-order valence-electron chi connectivity index (χ3n) is 2.26. The first kappa shape index (κ1) is 16.8. The molecule has 0 spiro atoms. The topological polar surface area (TPSA) is 21.3 Å². The van der Waals surface area contributed by atoms with E-state index in [9.17, 15) is 13.2 Å². The van der Waals surface area contributed by atoms with E-state index in [-0.39, 0.29) is 6.54 Å². The van der Waals surface area contributed by atoms with Crippen molar-refractivity contribution in [3.8, 4) is 5.75 Å². The molecular formula is C12H14Br2F3NO. The Bertz CT molecular complexity index is 401. The van der Waals surface area contributed by atoms with Gasteiger partial charge >= 0.3 is 6.18 Å². The van der Waals surface area contributed by atoms with Gasteiger partial charge in [0.25, 0.3) is 0 Å². The maximum atomic E-state index is 12.0. The molecule has 0 aliphatic rings. The number of nitrogens with one attached hydrogen (secondary N) is 1. The highest BCUT2D eigenvalue weighted by Gasteiger charge is 2.25. The predicted molar refractivity (Wildman–Crippen MR) is 75.4 cm³/mol. The van der Waals surface area contributed by atoms with E-state index in [0.717, 1.165) is 14.5 Å². The average Bonchev–Trinajstić information content (AvgIpc) is 2.28. The number of benzene rings is 1. The Kier molecular flexibility index (Phi) is 6.62. The number of hydrogen-bond donors (Lipinski definition) is 1. The first-order chi connectivity index (χ1) is 8.83. The number of rotatable bonds is 6. The van der Waals surface area contributed by atoms with Crippen molar-refractivity contribution in [1.82, 2.24) is 5.32 Å². The second-order valence-corrected chi connectivity index (χ2v) is 5.57. The van der Waals surface area contributed by atoms with Crippen molar-refractivity contribution in [2.45, 2.75) is 26.1 Å². The van der Waals surface area contributed by atoms with Crippen LogP contribution in [0.25, 0.3) is 0 Å². The Morgan fingerprint density at radius 3 is 2.26 bits per heavy atom. The lowest BCUT2D eigenvalue weighted by Crippen LogP contribution is -2.21. The van der Waals surface area contributed by atoms with Crippen LogP contribution in [0.4, 0.5) is 13.2 Å². The zero-order chi connectivity index (χ0) is 14.5. The van der Waals surface area contributed by atoms with E-state index in [4.69, 9.17) is 4.74 Å². The summed E-state index contributed by atoms with van der Waals surface area (Å²) in [5.74, 6) is 0.696. The summed E-state index contributed by atoms with van der Waals surface area (Å²) in [6, 6.07) is 3.66. The van der Waals surface area contributed by atoms with Gasteiger partial charge in [-0.15, -0.1) is 0 Å². The minimum absolute atomic E-state index is 0.0913. The molecule has 2 nitrogen and oxygen atoms in total. The van der Waals surface area contributed by atoms with Gasteiger partial charge in [-0.25, -0.2) is 0 Å². The van der Waals surface area contributed by atoms with Crippen molar-refractivity contribution in [2.75, 3.05) is 13.2 Å². The third-order valence-corrected chi connectivity index (χ3v) is 3.44. The van der Waals surface area contributed by atoms with Crippen LogP contribution < -0.4 is 10.1 Å². The molecule has 108 valence electrons. The summed E-state index contributed by atoms with van der Waals surface area (Å²) in [7, 11) is 0. The maximum absolute atomic E-state index is 12.0. The first-order valence-corrected chi connectivity index (χ1v) is 7.30. The van der Waals surface area contributed by atoms with Crippen molar-refractivity contribution >= 4 is 31.9 Å². The van der Waals surface area contributed by atoms with Gasteiger partial charge in [-0.2, -0.15) is 13.2 Å². The summed E-state index contributed by atoms with van der Waals surface area (Å²) < 4.78 is 42.9. The maximum Gasteiger partial charge on any atom is 0.390 e. The lowest BCUT2D eigenvalue weighted by Gasteiger charge is -2.12. The molecule has 0 aliphatic heterocycles. The van der Waals surface area contributed by atoms with E-state index in [2.05, 4.69) is 37.2 Å². The molecule has 7 heteroatoms. The molecule has 1 aromatic rings. The zero-order valence-electron chi connectivity index (χ0n) is 10.3. The summed E-state index contributed by atoms with van der Waals surface area (Å²) in [4.78, 5) is 0. The monoisotopic (exact) mass is 403 g/mol. The zero-order valence-corrected chi connectivity index (χ0v) is 13.5. The summed E-state index contributed by atoms with van der Waals surface area (Å²) >= 11 is 6.75. The van der Waals surface area contributed by atoms with Crippen molar-refractivity contribution in [3.05, 3.63) is 26.6 Å². The van der Waals surface area contributed by atoms with E-state index in [1.54, 1.807) is 0 Å². The van der Waals surface area contributed by atoms with Crippen LogP contribution >= 0.6 is 31.9 Å². The highest BCUT2D eigenvalue weighted by molar-refractivity contribution is 9.11. The number of hydrogen-bond acceptors (Lipinski definition) is 2. The van der Waals surface area contributed by atoms with Gasteiger partial charge in [0.05, 0.1) is 22.0 Å². The second kappa shape index (κ2) is 7.50. The van der Waals surface area contributed by atoms with E-state index in [0.29, 0.717) is 18.9 Å². The molecule has 19 heavy (non-hydrogen) atoms. The molecule has 0 bridgehead atoms. The summed E-state index contributed by atoms with van der Waals surface area (Å²) in [5.41, 5.74) is 0.879. The number of alkyl halides is 3. The normalized spacial score (nSPS) is 11.7. The van der Waals surface area contributed by atoms with Crippen molar-refractivity contribution in [3.63, 3.8) is 0 Å². The van der Waals surface area contributed by atoms with Gasteiger partial charge in [0.15, 0.2) is 0 Å². The predicted octanol–water partition coefficient (Wildman–Crippen LogP) is 4.65. The Hall–Kier alpha value is -0.270. The molecule has 1 N–H and O–H groups in total. The minimum Gasteiger partial charge on any atom is -0.492 e. The largest absolute Gasteiger partial charge is 0.492 e. The van der Waals surface area contributed by atoms with Crippen LogP contribution in [-0.2, 0) is 6.54 Å². The van der Waals surface area contributed by atoms with Crippen LogP contribution in [0.2, 0.25) is 0 Å². The Morgan fingerprint density at radius 2 is 1.79 bits per heavy atom. The van der Waals surface area contributed by atoms with Crippen LogP contribution in [0.3, 0.4) is 0 Å². The van der Waals surface area contributed by atoms with Gasteiger partial charge in [0, 0.05) is 13.1 Å². The molecule has 0 unspecified atom stereocenters. The molecule has 0 aromatic heterocycles. The van der Waals surface area contributed by atoms with Gasteiger partial charge in [-0.1, -0.05) is 0 Å². The van der Waals surface area contributed by atoms with E-state index < -0.39 is 12.6 Å². The van der Waals surface area contributed by atoms with Gasteiger partial charge in [0.2, 0.25) is 0 Å². The molecule has 0 saturated heterocycles. The van der Waals surface area contributed by atoms with Crippen LogP contribution in [-0.4, -0.2) is 19.3 Å². The molecule has 1 rings (SSSR count). The average molecular weight is 405 g/mol. The van der Waals surface area contributed by atoms with E-state index >= 15 is 0 Å². The van der Waals surface area contributed by atoms with Gasteiger partial charge in [0.1, 0.15) is 5.75 Å². The Labute approximate surface area is 127 Å². The Balaban J connectivity index is 2.56. The summed E-state index contributed by atoms with van der Waals surface area (Å²) in [6.45, 7) is 2.71. The standard InChI is InChI=1S/C12H14Br2F3NO/c1-2-19-11-9(13)5-8(6-10(11)14)7-18-4-3-12(15,16)17/h5-6,18H,2-4,7H2,1H3. The molecule has 0 radical (unpaired) electrons. The van der Waals surface area contributed by atoms with Crippen LogP contribution in [0.15, 0.2) is 21.1 Å². The molecule has 0 saturated carbocycles. The second-order valence-electron chi connectivity index (χ2n) is 3.86. The number of ether oxygens (including phenoxy) is 1. The minimum atomic E-state index is -4.12. The molecular weight excluding hydrogens is 391 g/mol. The van der Waals surface area contributed by atoms with Crippen molar-refractivity contribution in [2.24, 2.45) is 0 Å². The molecule has 0 atom stereocenters. The lowest BCUT2D eigenvalue weighted by molar-refractivity contribution is -0.133. The van der Waals surface area contributed by atoms with Gasteiger partial charge in [-0.05, 0) is 56.5 Å². The van der Waals surface area contributed by atoms with Gasteiger partial charge < -0.3 is 10.1 Å². The van der Waals surface area contributed by atoms with Crippen LogP contribution in [0, 0.1) is 0 Å². The Morgan fingerprint density at radius 1 is 1.21 bits per heavy atom. The van der Waals surface area contributed by atoms with Crippen LogP contribution in [0.5, 0.6) is 5.75 Å². The highest BCUT2D eigenvalue weighted by atomic mass is 79.9. The van der Waals surface area contributed by atoms with Crippen molar-refractivity contribution in [1.29, 1.82) is 0 Å². The van der Waals surface area contributed by atoms with Gasteiger partial charge in [-0.3, -0.25) is 0 Å².